The number of nitrogens with zero attached hydrogens (tertiary/aromatic N) is 2. The van der Waals surface area contributed by atoms with Crippen LogP contribution in [-0.2, 0) is 11.3 Å². The normalized spacial score (nSPS) is 10.6. The number of methoxy groups -OCH3 is 1. The highest BCUT2D eigenvalue weighted by atomic mass is 16.5. The highest BCUT2D eigenvalue weighted by Crippen LogP contribution is 2.25. The molecule has 1 amide bonds. The molecule has 1 N–H and O–H groups in total. The maximum Gasteiger partial charge on any atom is 0.258 e. The van der Waals surface area contributed by atoms with Crippen LogP contribution in [-0.4, -0.2) is 29.8 Å². The first-order chi connectivity index (χ1) is 15.6. The number of amides is 1. The van der Waals surface area contributed by atoms with Crippen molar-refractivity contribution in [3.63, 3.8) is 0 Å². The number of carbonyl (C=O) groups excluding carboxylic acids is 1. The van der Waals surface area contributed by atoms with E-state index in [0.717, 1.165) is 28.0 Å². The second-order valence-corrected chi connectivity index (χ2v) is 7.17. The number of ether oxygens (including phenoxy) is 2. The number of rotatable bonds is 8. The van der Waals surface area contributed by atoms with Crippen LogP contribution in [0.1, 0.15) is 11.1 Å². The van der Waals surface area contributed by atoms with E-state index in [0.29, 0.717) is 24.0 Å². The van der Waals surface area contributed by atoms with Gasteiger partial charge in [-0.15, -0.1) is 0 Å². The van der Waals surface area contributed by atoms with E-state index in [4.69, 9.17) is 14.0 Å². The van der Waals surface area contributed by atoms with Gasteiger partial charge in [0.05, 0.1) is 7.11 Å². The second kappa shape index (κ2) is 9.78. The Morgan fingerprint density at radius 1 is 0.938 bits per heavy atom. The number of benzene rings is 3. The van der Waals surface area contributed by atoms with E-state index in [2.05, 4.69) is 15.5 Å². The van der Waals surface area contributed by atoms with Gasteiger partial charge >= 0.3 is 0 Å². The smallest absolute Gasteiger partial charge is 0.258 e. The lowest BCUT2D eigenvalue weighted by Gasteiger charge is -2.09. The van der Waals surface area contributed by atoms with Crippen LogP contribution in [0.15, 0.2) is 77.3 Å². The van der Waals surface area contributed by atoms with Crippen LogP contribution in [0, 0.1) is 6.92 Å². The molecule has 4 rings (SSSR count). The molecule has 3 aromatic carbocycles. The van der Waals surface area contributed by atoms with E-state index in [1.807, 2.05) is 67.6 Å². The molecule has 32 heavy (non-hydrogen) atoms. The van der Waals surface area contributed by atoms with Gasteiger partial charge in [-0.05, 0) is 66.6 Å². The maximum atomic E-state index is 12.1. The van der Waals surface area contributed by atoms with Gasteiger partial charge in [0.1, 0.15) is 11.5 Å². The molecular formula is C25H23N3O4. The van der Waals surface area contributed by atoms with Crippen LogP contribution < -0.4 is 14.8 Å². The molecule has 1 heterocycles. The van der Waals surface area contributed by atoms with Crippen molar-refractivity contribution >= 4 is 5.91 Å². The van der Waals surface area contributed by atoms with E-state index in [9.17, 15) is 4.79 Å². The van der Waals surface area contributed by atoms with E-state index in [1.54, 1.807) is 19.2 Å². The highest BCUT2D eigenvalue weighted by molar-refractivity contribution is 5.77. The van der Waals surface area contributed by atoms with Crippen molar-refractivity contribution in [2.75, 3.05) is 13.7 Å². The van der Waals surface area contributed by atoms with E-state index in [-0.39, 0.29) is 12.5 Å². The summed E-state index contributed by atoms with van der Waals surface area (Å²) in [5.74, 6) is 2.05. The lowest BCUT2D eigenvalue weighted by molar-refractivity contribution is -0.123. The predicted molar refractivity (Wildman–Crippen MR) is 120 cm³/mol. The molecule has 7 nitrogen and oxygen atoms in total. The molecule has 0 saturated carbocycles. The zero-order valence-corrected chi connectivity index (χ0v) is 17.9. The van der Waals surface area contributed by atoms with Gasteiger partial charge in [0.15, 0.2) is 6.61 Å². The summed E-state index contributed by atoms with van der Waals surface area (Å²) >= 11 is 0. The predicted octanol–water partition coefficient (Wildman–Crippen LogP) is 4.42. The number of hydrogen-bond donors (Lipinski definition) is 1. The Bertz CT molecular complexity index is 1180. The van der Waals surface area contributed by atoms with Crippen LogP contribution in [0.3, 0.4) is 0 Å². The summed E-state index contributed by atoms with van der Waals surface area (Å²) in [6.07, 6.45) is 0. The van der Waals surface area contributed by atoms with E-state index in [1.165, 1.54) is 0 Å². The highest BCUT2D eigenvalue weighted by Gasteiger charge is 2.11. The molecule has 0 saturated heterocycles. The Morgan fingerprint density at radius 2 is 1.62 bits per heavy atom. The van der Waals surface area contributed by atoms with Gasteiger partial charge in [0.2, 0.25) is 5.82 Å². The molecular weight excluding hydrogens is 406 g/mol. The lowest BCUT2D eigenvalue weighted by atomic mass is 10.1. The quantitative estimate of drug-likeness (QED) is 0.446. The third-order valence-corrected chi connectivity index (χ3v) is 4.98. The van der Waals surface area contributed by atoms with Gasteiger partial charge in [-0.2, -0.15) is 4.98 Å². The number of hydrogen-bond acceptors (Lipinski definition) is 6. The standard InChI is InChI=1S/C25H23N3O4/c1-17-5-3-4-6-20(17)15-26-23(29)16-31-22-13-9-19(10-14-22)25-27-24(28-32-25)18-7-11-21(30-2)12-8-18/h3-14H,15-16H2,1-2H3,(H,26,29). The maximum absolute atomic E-state index is 12.1. The minimum absolute atomic E-state index is 0.0621. The van der Waals surface area contributed by atoms with Crippen LogP contribution in [0.2, 0.25) is 0 Å². The first-order valence-electron chi connectivity index (χ1n) is 10.1. The van der Waals surface area contributed by atoms with Gasteiger partial charge in [-0.3, -0.25) is 4.79 Å². The fourth-order valence-electron chi connectivity index (χ4n) is 3.09. The van der Waals surface area contributed by atoms with Crippen molar-refractivity contribution in [1.82, 2.24) is 15.5 Å². The SMILES string of the molecule is COc1ccc(-c2noc(-c3ccc(OCC(=O)NCc4ccccc4C)cc3)n2)cc1. The molecule has 0 aliphatic rings. The second-order valence-electron chi connectivity index (χ2n) is 7.17. The fraction of sp³-hybridized carbons (Fsp3) is 0.160. The van der Waals surface area contributed by atoms with Gasteiger partial charge in [-0.25, -0.2) is 0 Å². The molecule has 4 aromatic rings. The average Bonchev–Trinajstić information content (AvgIpc) is 3.33. The summed E-state index contributed by atoms with van der Waals surface area (Å²) in [5, 5.41) is 6.91. The molecule has 162 valence electrons. The molecule has 0 aliphatic carbocycles. The summed E-state index contributed by atoms with van der Waals surface area (Å²) in [5.41, 5.74) is 3.81. The zero-order chi connectivity index (χ0) is 22.3. The molecule has 0 atom stereocenters. The monoisotopic (exact) mass is 429 g/mol. The van der Waals surface area contributed by atoms with Crippen LogP contribution >= 0.6 is 0 Å². The topological polar surface area (TPSA) is 86.5 Å². The van der Waals surface area contributed by atoms with Crippen molar-refractivity contribution in [1.29, 1.82) is 0 Å². The summed E-state index contributed by atoms with van der Waals surface area (Å²) in [4.78, 5) is 16.5. The van der Waals surface area contributed by atoms with E-state index < -0.39 is 0 Å². The number of aromatic nitrogens is 2. The molecule has 1 aromatic heterocycles. The minimum atomic E-state index is -0.182. The van der Waals surface area contributed by atoms with Gasteiger partial charge in [0.25, 0.3) is 11.8 Å². The van der Waals surface area contributed by atoms with Crippen molar-refractivity contribution < 1.29 is 18.8 Å². The van der Waals surface area contributed by atoms with Crippen molar-refractivity contribution in [2.45, 2.75) is 13.5 Å². The van der Waals surface area contributed by atoms with Crippen molar-refractivity contribution in [3.8, 4) is 34.3 Å². The van der Waals surface area contributed by atoms with Gasteiger partial charge in [0, 0.05) is 17.7 Å². The minimum Gasteiger partial charge on any atom is -0.497 e. The Hall–Kier alpha value is -4.13. The van der Waals surface area contributed by atoms with Gasteiger partial charge in [-0.1, -0.05) is 29.4 Å². The Labute approximate surface area is 186 Å². The first kappa shape index (κ1) is 21.1. The third-order valence-electron chi connectivity index (χ3n) is 4.98. The molecule has 0 fully saturated rings. The van der Waals surface area contributed by atoms with Crippen molar-refractivity contribution in [2.24, 2.45) is 0 Å². The fourth-order valence-corrected chi connectivity index (χ4v) is 3.09. The number of nitrogens with one attached hydrogen (secondary N) is 1. The summed E-state index contributed by atoms with van der Waals surface area (Å²) in [7, 11) is 1.62. The zero-order valence-electron chi connectivity index (χ0n) is 17.9. The van der Waals surface area contributed by atoms with Crippen LogP contribution in [0.4, 0.5) is 0 Å². The molecule has 0 aliphatic heterocycles. The third kappa shape index (κ3) is 5.13. The number of aryl methyl sites for hydroxylation is 1. The molecule has 0 bridgehead atoms. The molecule has 0 radical (unpaired) electrons. The largest absolute Gasteiger partial charge is 0.497 e. The number of carbonyl (C=O) groups is 1. The Balaban J connectivity index is 1.31. The molecule has 0 spiro atoms. The summed E-state index contributed by atoms with van der Waals surface area (Å²) in [6, 6.07) is 22.5. The Kier molecular flexibility index (Phi) is 6.46. The first-order valence-corrected chi connectivity index (χ1v) is 10.1. The van der Waals surface area contributed by atoms with Gasteiger partial charge < -0.3 is 19.3 Å². The molecule has 7 heteroatoms. The van der Waals surface area contributed by atoms with Crippen LogP contribution in [0.25, 0.3) is 22.8 Å². The molecule has 0 unspecified atom stereocenters. The average molecular weight is 429 g/mol. The lowest BCUT2D eigenvalue weighted by Crippen LogP contribution is -2.28. The Morgan fingerprint density at radius 3 is 2.34 bits per heavy atom. The summed E-state index contributed by atoms with van der Waals surface area (Å²) < 4.78 is 16.1. The summed E-state index contributed by atoms with van der Waals surface area (Å²) in [6.45, 7) is 2.43. The van der Waals surface area contributed by atoms with Crippen LogP contribution in [0.5, 0.6) is 11.5 Å². The van der Waals surface area contributed by atoms with E-state index >= 15 is 0 Å². The van der Waals surface area contributed by atoms with Crippen molar-refractivity contribution in [3.05, 3.63) is 83.9 Å².